The molecule has 0 aliphatic carbocycles. The van der Waals surface area contributed by atoms with Crippen molar-refractivity contribution in [3.8, 4) is 0 Å². The molecule has 0 aliphatic heterocycles. The van der Waals surface area contributed by atoms with Crippen LogP contribution in [0.3, 0.4) is 0 Å². The lowest BCUT2D eigenvalue weighted by Crippen LogP contribution is -2.28. The molecule has 294 valence electrons. The van der Waals surface area contributed by atoms with Crippen LogP contribution >= 0.6 is 0 Å². The van der Waals surface area contributed by atoms with Crippen molar-refractivity contribution in [1.29, 1.82) is 0 Å². The third kappa shape index (κ3) is 38.6. The topological polar surface area (TPSA) is 93.1 Å². The molecule has 0 radical (unpaired) electrons. The second-order valence-electron chi connectivity index (χ2n) is 14.4. The SMILES string of the molecule is CC/C=C\C(O)C/C=C/C=C\C/C=C\C/C=C\CCCC(=O)O[C@@H](CO)COC(=O)CCCCCCCCCCCCCCCCCCC(C)C. The Morgan fingerprint density at radius 1 is 0.608 bits per heavy atom. The summed E-state index contributed by atoms with van der Waals surface area (Å²) in [5, 5.41) is 19.3. The van der Waals surface area contributed by atoms with E-state index in [2.05, 4.69) is 44.2 Å². The first-order valence-corrected chi connectivity index (χ1v) is 20.8. The fraction of sp³-hybridized carbons (Fsp3) is 0.733. The Bertz CT molecular complexity index is 931. The molecule has 0 aromatic rings. The molecule has 2 atom stereocenters. The summed E-state index contributed by atoms with van der Waals surface area (Å²) in [4.78, 5) is 24.3. The van der Waals surface area contributed by atoms with Crippen molar-refractivity contribution in [3.05, 3.63) is 60.8 Å². The Hall–Kier alpha value is -2.44. The van der Waals surface area contributed by atoms with Gasteiger partial charge in [-0.3, -0.25) is 9.59 Å². The summed E-state index contributed by atoms with van der Waals surface area (Å²) >= 11 is 0. The summed E-state index contributed by atoms with van der Waals surface area (Å²) < 4.78 is 10.6. The van der Waals surface area contributed by atoms with Gasteiger partial charge in [0.2, 0.25) is 0 Å². The van der Waals surface area contributed by atoms with Gasteiger partial charge in [-0.05, 0) is 50.9 Å². The maximum Gasteiger partial charge on any atom is 0.306 e. The summed E-state index contributed by atoms with van der Waals surface area (Å²) in [6.45, 7) is 6.21. The van der Waals surface area contributed by atoms with E-state index in [0.29, 0.717) is 19.3 Å². The van der Waals surface area contributed by atoms with Crippen LogP contribution in [0, 0.1) is 5.92 Å². The minimum atomic E-state index is -0.814. The standard InChI is InChI=1S/C45H78O6/c1-4-5-35-42(47)36-31-27-23-19-15-12-13-17-21-25-29-33-38-45(49)51-43(39-46)40-50-44(48)37-32-28-24-20-16-11-9-7-6-8-10-14-18-22-26-30-34-41(2)3/h5,12-13,19,21,23,25,27,31,35,41-43,46-47H,4,6-11,14-18,20,22,24,26,28-30,32-34,36-40H2,1-3H3/b13-12-,23-19-,25-21-,31-27+,35-5-/t42?,43-/m0/s1. The van der Waals surface area contributed by atoms with E-state index in [1.165, 1.54) is 89.9 Å². The molecule has 6 nitrogen and oxygen atoms in total. The molecule has 0 heterocycles. The molecule has 0 aromatic heterocycles. The van der Waals surface area contributed by atoms with Crippen molar-refractivity contribution >= 4 is 11.9 Å². The molecule has 0 spiro atoms. The van der Waals surface area contributed by atoms with E-state index in [-0.39, 0.29) is 31.6 Å². The maximum atomic E-state index is 12.2. The first-order valence-electron chi connectivity index (χ1n) is 20.8. The number of hydrogen-bond donors (Lipinski definition) is 2. The highest BCUT2D eigenvalue weighted by molar-refractivity contribution is 5.70. The van der Waals surface area contributed by atoms with Crippen molar-refractivity contribution in [2.24, 2.45) is 5.92 Å². The summed E-state index contributed by atoms with van der Waals surface area (Å²) in [5.41, 5.74) is 0. The molecule has 1 unspecified atom stereocenters. The highest BCUT2D eigenvalue weighted by Gasteiger charge is 2.16. The predicted molar refractivity (Wildman–Crippen MR) is 216 cm³/mol. The van der Waals surface area contributed by atoms with E-state index in [1.54, 1.807) is 0 Å². The molecule has 0 bridgehead atoms. The highest BCUT2D eigenvalue weighted by Crippen LogP contribution is 2.15. The van der Waals surface area contributed by atoms with E-state index in [0.717, 1.165) is 50.9 Å². The minimum Gasteiger partial charge on any atom is -0.462 e. The molecule has 0 saturated carbocycles. The third-order valence-corrected chi connectivity index (χ3v) is 8.83. The Balaban J connectivity index is 3.66. The van der Waals surface area contributed by atoms with Gasteiger partial charge in [-0.1, -0.05) is 184 Å². The van der Waals surface area contributed by atoms with Crippen LogP contribution in [0.15, 0.2) is 60.8 Å². The van der Waals surface area contributed by atoms with Gasteiger partial charge < -0.3 is 19.7 Å². The molecular weight excluding hydrogens is 636 g/mol. The van der Waals surface area contributed by atoms with Gasteiger partial charge in [-0.25, -0.2) is 0 Å². The number of hydrogen-bond acceptors (Lipinski definition) is 6. The Labute approximate surface area is 313 Å². The second kappa shape index (κ2) is 38.8. The number of carbonyl (C=O) groups excluding carboxylic acids is 2. The Kier molecular flexibility index (Phi) is 36.9. The van der Waals surface area contributed by atoms with Gasteiger partial charge in [-0.2, -0.15) is 0 Å². The van der Waals surface area contributed by atoms with Gasteiger partial charge in [0.05, 0.1) is 12.7 Å². The van der Waals surface area contributed by atoms with Crippen LogP contribution in [0.2, 0.25) is 0 Å². The highest BCUT2D eigenvalue weighted by atomic mass is 16.6. The average molecular weight is 715 g/mol. The largest absolute Gasteiger partial charge is 0.462 e. The van der Waals surface area contributed by atoms with Gasteiger partial charge in [0, 0.05) is 12.8 Å². The van der Waals surface area contributed by atoms with Crippen LogP contribution in [-0.4, -0.2) is 47.6 Å². The van der Waals surface area contributed by atoms with Crippen LogP contribution in [0.1, 0.15) is 181 Å². The fourth-order valence-electron chi connectivity index (χ4n) is 5.68. The molecular formula is C45H78O6. The molecule has 0 amide bonds. The van der Waals surface area contributed by atoms with Crippen molar-refractivity contribution < 1.29 is 29.3 Å². The molecule has 0 fully saturated rings. The summed E-state index contributed by atoms with van der Waals surface area (Å²) in [5.74, 6) is 0.170. The number of aliphatic hydroxyl groups excluding tert-OH is 2. The van der Waals surface area contributed by atoms with Crippen LogP contribution in [0.25, 0.3) is 0 Å². The van der Waals surface area contributed by atoms with E-state index < -0.39 is 12.2 Å². The van der Waals surface area contributed by atoms with Gasteiger partial charge >= 0.3 is 11.9 Å². The number of aliphatic hydroxyl groups is 2. The normalized spacial score (nSPS) is 13.5. The van der Waals surface area contributed by atoms with E-state index in [4.69, 9.17) is 9.47 Å². The zero-order chi connectivity index (χ0) is 37.5. The van der Waals surface area contributed by atoms with Crippen molar-refractivity contribution in [2.75, 3.05) is 13.2 Å². The zero-order valence-electron chi connectivity index (χ0n) is 33.1. The average Bonchev–Trinajstić information content (AvgIpc) is 3.11. The molecule has 0 aromatic carbocycles. The Morgan fingerprint density at radius 2 is 1.12 bits per heavy atom. The summed E-state index contributed by atoms with van der Waals surface area (Å²) in [7, 11) is 0. The first kappa shape index (κ1) is 48.6. The van der Waals surface area contributed by atoms with Crippen molar-refractivity contribution in [2.45, 2.75) is 193 Å². The van der Waals surface area contributed by atoms with Crippen LogP contribution < -0.4 is 0 Å². The van der Waals surface area contributed by atoms with Crippen molar-refractivity contribution in [3.63, 3.8) is 0 Å². The number of carbonyl (C=O) groups is 2. The van der Waals surface area contributed by atoms with Crippen molar-refractivity contribution in [1.82, 2.24) is 0 Å². The lowest BCUT2D eigenvalue weighted by Gasteiger charge is -2.15. The fourth-order valence-corrected chi connectivity index (χ4v) is 5.68. The molecule has 0 saturated heterocycles. The number of esters is 2. The van der Waals surface area contributed by atoms with Gasteiger partial charge in [0.25, 0.3) is 0 Å². The first-order chi connectivity index (χ1) is 24.9. The molecule has 51 heavy (non-hydrogen) atoms. The second-order valence-corrected chi connectivity index (χ2v) is 14.4. The molecule has 0 aliphatic rings. The predicted octanol–water partition coefficient (Wildman–Crippen LogP) is 12.0. The van der Waals surface area contributed by atoms with Gasteiger partial charge in [0.15, 0.2) is 6.10 Å². The number of ether oxygens (including phenoxy) is 2. The smallest absolute Gasteiger partial charge is 0.306 e. The molecule has 0 rings (SSSR count). The maximum absolute atomic E-state index is 12.2. The number of allylic oxidation sites excluding steroid dienone is 8. The monoisotopic (exact) mass is 715 g/mol. The molecule has 6 heteroatoms. The van der Waals surface area contributed by atoms with Crippen LogP contribution in [0.4, 0.5) is 0 Å². The zero-order valence-corrected chi connectivity index (χ0v) is 33.1. The number of rotatable bonds is 36. The van der Waals surface area contributed by atoms with Gasteiger partial charge in [-0.15, -0.1) is 0 Å². The van der Waals surface area contributed by atoms with E-state index >= 15 is 0 Å². The minimum absolute atomic E-state index is 0.100. The number of unbranched alkanes of at least 4 members (excludes halogenated alkanes) is 16. The lowest BCUT2D eigenvalue weighted by molar-refractivity contribution is -0.161. The third-order valence-electron chi connectivity index (χ3n) is 8.83. The van der Waals surface area contributed by atoms with E-state index in [1.807, 2.05) is 37.3 Å². The Morgan fingerprint density at radius 3 is 1.69 bits per heavy atom. The lowest BCUT2D eigenvalue weighted by atomic mass is 10.0. The van der Waals surface area contributed by atoms with Crippen LogP contribution in [0.5, 0.6) is 0 Å². The summed E-state index contributed by atoms with van der Waals surface area (Å²) in [6.07, 6.45) is 46.3. The van der Waals surface area contributed by atoms with Crippen LogP contribution in [-0.2, 0) is 19.1 Å². The van der Waals surface area contributed by atoms with E-state index in [9.17, 15) is 19.8 Å². The molecule has 2 N–H and O–H groups in total. The van der Waals surface area contributed by atoms with Gasteiger partial charge in [0.1, 0.15) is 6.61 Å². The quantitative estimate of drug-likeness (QED) is 0.0290. The summed E-state index contributed by atoms with van der Waals surface area (Å²) in [6, 6.07) is 0.